The van der Waals surface area contributed by atoms with Crippen LogP contribution in [0.25, 0.3) is 0 Å². The average Bonchev–Trinajstić information content (AvgIpc) is 2.96. The summed E-state index contributed by atoms with van der Waals surface area (Å²) in [6, 6.07) is 6.37. The number of nitrogens with one attached hydrogen (secondary N) is 2. The minimum atomic E-state index is -0.715. The van der Waals surface area contributed by atoms with Crippen LogP contribution in [0, 0.1) is 0 Å². The van der Waals surface area contributed by atoms with Crippen LogP contribution >= 0.6 is 0 Å². The maximum absolute atomic E-state index is 12.2. The molecule has 0 amide bonds. The zero-order valence-corrected chi connectivity index (χ0v) is 17.9. The molecule has 0 bridgehead atoms. The Labute approximate surface area is 170 Å². The standard InChI is InChI=1S/C21H33N3O3S/c1-3-22-21(24-17-7-5-8-18(14-17)28(25)4-2)23-15-16-9-10-19-20(13-16)27-12-6-11-26-19/h9-10,13,17-18H,3-8,11-12,14-15H2,1-2H3,(H2,22,23,24). The van der Waals surface area contributed by atoms with E-state index >= 15 is 0 Å². The molecule has 28 heavy (non-hydrogen) atoms. The molecule has 0 saturated heterocycles. The van der Waals surface area contributed by atoms with Gasteiger partial charge in [0.2, 0.25) is 0 Å². The van der Waals surface area contributed by atoms with E-state index in [1.165, 1.54) is 0 Å². The van der Waals surface area contributed by atoms with E-state index in [4.69, 9.17) is 14.5 Å². The predicted molar refractivity (Wildman–Crippen MR) is 115 cm³/mol. The lowest BCUT2D eigenvalue weighted by atomic mass is 9.95. The first-order valence-electron chi connectivity index (χ1n) is 10.5. The first-order valence-corrected chi connectivity index (χ1v) is 11.9. The summed E-state index contributed by atoms with van der Waals surface area (Å²) in [5, 5.41) is 7.20. The molecule has 1 saturated carbocycles. The molecule has 0 spiro atoms. The zero-order valence-electron chi connectivity index (χ0n) is 17.0. The van der Waals surface area contributed by atoms with E-state index in [1.54, 1.807) is 0 Å². The summed E-state index contributed by atoms with van der Waals surface area (Å²) in [4.78, 5) is 4.76. The first-order chi connectivity index (χ1) is 13.7. The first kappa shape index (κ1) is 21.0. The topological polar surface area (TPSA) is 72.0 Å². The van der Waals surface area contributed by atoms with Crippen molar-refractivity contribution in [2.75, 3.05) is 25.5 Å². The van der Waals surface area contributed by atoms with Gasteiger partial charge in [-0.25, -0.2) is 4.99 Å². The Morgan fingerprint density at radius 3 is 2.79 bits per heavy atom. The second kappa shape index (κ2) is 10.7. The van der Waals surface area contributed by atoms with Crippen LogP contribution in [-0.4, -0.2) is 47.0 Å². The van der Waals surface area contributed by atoms with Crippen molar-refractivity contribution in [1.82, 2.24) is 10.6 Å². The number of aliphatic imine (C=N–C) groups is 1. The van der Waals surface area contributed by atoms with Crippen LogP contribution in [0.15, 0.2) is 23.2 Å². The van der Waals surface area contributed by atoms with E-state index in [2.05, 4.69) is 17.6 Å². The van der Waals surface area contributed by atoms with Crippen molar-refractivity contribution in [3.63, 3.8) is 0 Å². The summed E-state index contributed by atoms with van der Waals surface area (Å²) in [5.74, 6) is 3.19. The Bertz CT molecular complexity index is 695. The second-order valence-corrected chi connectivity index (χ2v) is 9.33. The van der Waals surface area contributed by atoms with Crippen LogP contribution in [0.5, 0.6) is 11.5 Å². The van der Waals surface area contributed by atoms with Gasteiger partial charge in [-0.15, -0.1) is 0 Å². The highest BCUT2D eigenvalue weighted by molar-refractivity contribution is 7.85. The lowest BCUT2D eigenvalue weighted by Gasteiger charge is -2.30. The van der Waals surface area contributed by atoms with Gasteiger partial charge in [0.25, 0.3) is 0 Å². The minimum Gasteiger partial charge on any atom is -0.490 e. The lowest BCUT2D eigenvalue weighted by Crippen LogP contribution is -2.46. The lowest BCUT2D eigenvalue weighted by molar-refractivity contribution is 0.297. The highest BCUT2D eigenvalue weighted by Gasteiger charge is 2.26. The number of rotatable bonds is 6. The van der Waals surface area contributed by atoms with Crippen molar-refractivity contribution in [3.05, 3.63) is 23.8 Å². The molecule has 0 aromatic heterocycles. The van der Waals surface area contributed by atoms with E-state index in [-0.39, 0.29) is 0 Å². The third kappa shape index (κ3) is 5.87. The summed E-state index contributed by atoms with van der Waals surface area (Å²) >= 11 is 0. The van der Waals surface area contributed by atoms with Gasteiger partial charge in [0.1, 0.15) is 0 Å². The molecule has 2 aliphatic rings. The van der Waals surface area contributed by atoms with Crippen LogP contribution in [0.3, 0.4) is 0 Å². The molecule has 0 radical (unpaired) electrons. The third-order valence-electron chi connectivity index (χ3n) is 5.20. The molecule has 1 heterocycles. The number of nitrogens with zero attached hydrogens (tertiary/aromatic N) is 1. The summed E-state index contributed by atoms with van der Waals surface area (Å²) < 4.78 is 23.7. The molecule has 156 valence electrons. The molecular weight excluding hydrogens is 374 g/mol. The molecule has 1 aliphatic carbocycles. The summed E-state index contributed by atoms with van der Waals surface area (Å²) in [5.41, 5.74) is 1.09. The quantitative estimate of drug-likeness (QED) is 0.560. The van der Waals surface area contributed by atoms with E-state index in [9.17, 15) is 4.21 Å². The minimum absolute atomic E-state index is 0.306. The molecule has 1 aromatic carbocycles. The molecule has 2 N–H and O–H groups in total. The van der Waals surface area contributed by atoms with Crippen molar-refractivity contribution in [2.24, 2.45) is 4.99 Å². The van der Waals surface area contributed by atoms with Gasteiger partial charge in [0, 0.05) is 40.8 Å². The fourth-order valence-corrected chi connectivity index (χ4v) is 5.09. The molecule has 1 aliphatic heterocycles. The van der Waals surface area contributed by atoms with E-state index < -0.39 is 10.8 Å². The summed E-state index contributed by atoms with van der Waals surface area (Å²) in [6.45, 7) is 6.84. The monoisotopic (exact) mass is 407 g/mol. The zero-order chi connectivity index (χ0) is 19.8. The van der Waals surface area contributed by atoms with Gasteiger partial charge in [-0.2, -0.15) is 0 Å². The van der Waals surface area contributed by atoms with Crippen LogP contribution in [0.4, 0.5) is 0 Å². The predicted octanol–water partition coefficient (Wildman–Crippen LogP) is 2.98. The summed E-state index contributed by atoms with van der Waals surface area (Å²) in [7, 11) is -0.715. The fraction of sp³-hybridized carbons (Fsp3) is 0.667. The summed E-state index contributed by atoms with van der Waals surface area (Å²) in [6.07, 6.45) is 5.15. The van der Waals surface area contributed by atoms with Crippen LogP contribution < -0.4 is 20.1 Å². The van der Waals surface area contributed by atoms with E-state index in [0.29, 0.717) is 31.1 Å². The Morgan fingerprint density at radius 1 is 1.18 bits per heavy atom. The van der Waals surface area contributed by atoms with Crippen molar-refractivity contribution in [3.8, 4) is 11.5 Å². The fourth-order valence-electron chi connectivity index (χ4n) is 3.74. The second-order valence-electron chi connectivity index (χ2n) is 7.33. The Balaban J connectivity index is 1.62. The number of hydrogen-bond donors (Lipinski definition) is 2. The number of benzene rings is 1. The van der Waals surface area contributed by atoms with Gasteiger partial charge in [-0.1, -0.05) is 19.4 Å². The van der Waals surface area contributed by atoms with Crippen molar-refractivity contribution >= 4 is 16.8 Å². The Kier molecular flexibility index (Phi) is 8.01. The molecule has 1 aromatic rings. The smallest absolute Gasteiger partial charge is 0.191 e. The maximum Gasteiger partial charge on any atom is 0.191 e. The van der Waals surface area contributed by atoms with Crippen LogP contribution in [-0.2, 0) is 17.3 Å². The van der Waals surface area contributed by atoms with Crippen LogP contribution in [0.2, 0.25) is 0 Å². The molecular formula is C21H33N3O3S. The van der Waals surface area contributed by atoms with Gasteiger partial charge in [-0.05, 0) is 43.9 Å². The average molecular weight is 408 g/mol. The number of hydrogen-bond acceptors (Lipinski definition) is 4. The molecule has 3 rings (SSSR count). The maximum atomic E-state index is 12.2. The highest BCUT2D eigenvalue weighted by atomic mass is 32.2. The molecule has 7 heteroatoms. The van der Waals surface area contributed by atoms with Gasteiger partial charge in [-0.3, -0.25) is 4.21 Å². The third-order valence-corrected chi connectivity index (χ3v) is 6.94. The van der Waals surface area contributed by atoms with Gasteiger partial charge in [0.05, 0.1) is 19.8 Å². The molecule has 3 atom stereocenters. The van der Waals surface area contributed by atoms with E-state index in [0.717, 1.165) is 67.4 Å². The van der Waals surface area contributed by atoms with Gasteiger partial charge in [0.15, 0.2) is 17.5 Å². The highest BCUT2D eigenvalue weighted by Crippen LogP contribution is 2.30. The molecule has 1 fully saturated rings. The largest absolute Gasteiger partial charge is 0.490 e. The normalized spacial score (nSPS) is 23.6. The number of guanidine groups is 1. The number of ether oxygens (including phenoxy) is 2. The van der Waals surface area contributed by atoms with E-state index in [1.807, 2.05) is 25.1 Å². The Hall–Kier alpha value is -1.76. The van der Waals surface area contributed by atoms with Crippen LogP contribution in [0.1, 0.15) is 51.5 Å². The number of fused-ring (bicyclic) bond motifs is 1. The molecule has 3 unspecified atom stereocenters. The molecule has 6 nitrogen and oxygen atoms in total. The van der Waals surface area contributed by atoms with Crippen molar-refractivity contribution in [1.29, 1.82) is 0 Å². The Morgan fingerprint density at radius 2 is 2.00 bits per heavy atom. The van der Waals surface area contributed by atoms with Gasteiger partial charge < -0.3 is 20.1 Å². The van der Waals surface area contributed by atoms with Crippen molar-refractivity contribution < 1.29 is 13.7 Å². The van der Waals surface area contributed by atoms with Gasteiger partial charge >= 0.3 is 0 Å². The van der Waals surface area contributed by atoms with Crippen molar-refractivity contribution in [2.45, 2.75) is 63.8 Å². The SMILES string of the molecule is CCNC(=NCc1ccc2c(c1)OCCCO2)NC1CCCC(S(=O)CC)C1.